The minimum atomic E-state index is -1.75. The molecule has 0 saturated carbocycles. The average molecular weight is 1420 g/mol. The van der Waals surface area contributed by atoms with Gasteiger partial charge < -0.3 is 144 Å². The lowest BCUT2D eigenvalue weighted by Crippen LogP contribution is -2.58. The molecule has 0 radical (unpaired) electrons. The summed E-state index contributed by atoms with van der Waals surface area (Å²) in [6.07, 6.45) is 1.91. The molecule has 0 aliphatic heterocycles. The minimum absolute atomic E-state index is 0.000880. The molecule has 0 saturated heterocycles. The van der Waals surface area contributed by atoms with E-state index in [4.69, 9.17) is 22.9 Å². The zero-order chi connectivity index (χ0) is 75.0. The largest absolute Gasteiger partial charge is 0.394 e. The number of unbranched alkanes of at least 4 members (excludes halogenated alkanes) is 3. The van der Waals surface area contributed by atoms with E-state index in [9.17, 15) is 117 Å². The van der Waals surface area contributed by atoms with Gasteiger partial charge in [0, 0.05) is 6.92 Å². The maximum atomic E-state index is 13.4. The van der Waals surface area contributed by atoms with Gasteiger partial charge >= 0.3 is 0 Å². The van der Waals surface area contributed by atoms with Crippen molar-refractivity contribution in [3.05, 3.63) is 0 Å². The van der Waals surface area contributed by atoms with E-state index in [0.29, 0.717) is 32.1 Å². The third-order valence-corrected chi connectivity index (χ3v) is 13.3. The molecule has 0 aromatic rings. The van der Waals surface area contributed by atoms with Gasteiger partial charge in [0.25, 0.3) is 0 Å². The van der Waals surface area contributed by atoms with Gasteiger partial charge in [-0.05, 0) is 77.4 Å². The number of nitrogens with two attached hydrogens (primary N) is 4. The zero-order valence-electron chi connectivity index (χ0n) is 54.4. The van der Waals surface area contributed by atoms with Crippen LogP contribution in [0.25, 0.3) is 0 Å². The highest BCUT2D eigenvalue weighted by Crippen LogP contribution is 2.06. The van der Waals surface area contributed by atoms with Gasteiger partial charge in [-0.2, -0.15) is 0 Å². The van der Waals surface area contributed by atoms with Gasteiger partial charge in [0.2, 0.25) is 106 Å². The molecule has 0 aromatic heterocycles. The number of hydrogen-bond acceptors (Lipinski definition) is 27. The molecule has 99 heavy (non-hydrogen) atoms. The second kappa shape index (κ2) is 51.3. The third-order valence-electron chi connectivity index (χ3n) is 13.3. The van der Waals surface area contributed by atoms with E-state index in [1.807, 2.05) is 0 Å². The summed E-state index contributed by atoms with van der Waals surface area (Å²) >= 11 is 0. The van der Waals surface area contributed by atoms with Crippen molar-refractivity contribution in [3.8, 4) is 0 Å². The summed E-state index contributed by atoms with van der Waals surface area (Å²) in [5.74, 6) is -17.7. The molecule has 31 N–H and O–H groups in total. The van der Waals surface area contributed by atoms with Gasteiger partial charge in [0.15, 0.2) is 0 Å². The second-order valence-corrected chi connectivity index (χ2v) is 21.3. The fraction of sp³-hybridized carbons (Fsp3) is 0.667. The van der Waals surface area contributed by atoms with Gasteiger partial charge in [0.1, 0.15) is 54.4 Å². The van der Waals surface area contributed by atoms with Crippen molar-refractivity contribution in [3.63, 3.8) is 0 Å². The maximum Gasteiger partial charge on any atom is 0.245 e. The van der Waals surface area contributed by atoms with Crippen molar-refractivity contribution in [1.82, 2.24) is 90.4 Å². The summed E-state index contributed by atoms with van der Waals surface area (Å²) in [6, 6.07) is -13.8. The first-order valence-electron chi connectivity index (χ1n) is 30.9. The number of rotatable bonds is 52. The van der Waals surface area contributed by atoms with E-state index in [1.165, 1.54) is 0 Å². The summed E-state index contributed by atoms with van der Waals surface area (Å²) in [5.41, 5.74) is 21.7. The monoisotopic (exact) mass is 1420 g/mol. The Morgan fingerprint density at radius 2 is 0.455 bits per heavy atom. The topological polar surface area (TPSA) is 737 Å². The van der Waals surface area contributed by atoms with Crippen LogP contribution in [-0.4, -0.2) is 303 Å². The Bertz CT molecular complexity index is 2730. The molecule has 0 fully saturated rings. The maximum absolute atomic E-state index is 13.4. The van der Waals surface area contributed by atoms with Crippen LogP contribution in [0.2, 0.25) is 0 Å². The SMILES string of the molecule is CC(=O)N[C@@H](CO)C(=O)N[C@@H](CCCCN)C(=O)N[C@@H](CO)C(=O)NCC(=O)NCC(=O)NCC(=O)NCC(=O)N[C@@H](CO)C(=O)N[C@@H](CCCCN)C(=O)N[C@@H](CO)C(=O)NCC(=O)NCC(=O)NCC(=O)NCC(=O)N[C@@H](CO)C(=O)N[C@@H](CCCCN)C(=O)N[C@@H](CO)C(N)=O. The second-order valence-electron chi connectivity index (χ2n) is 21.3. The number of aliphatic hydroxyl groups is 6. The standard InChI is InChI=1S/C54H95N21O24/c1-28(82)67-35(25-79)52(97)70-30(9-3-6-12-56)50(95)74-33(23-77)47(92)65-18-42(87)61-14-38(83)60-17-41(86)64-21-45(90)69-37(27-81)54(99)72-31(10-4-7-13-57)51(96)75-34(24-78)48(93)66-19-43(88)62-15-39(84)59-16-40(85)63-20-44(89)68-36(26-80)53(98)71-29(8-2-5-11-55)49(94)73-32(22-76)46(58)91/h29-37,76-81H,2-27,55-57H2,1H3,(H2,58,91)(H,59,84)(H,60,83)(H,61,87)(H,62,88)(H,63,85)(H,64,86)(H,65,92)(H,66,93)(H,67,82)(H,68,89)(H,69,90)(H,70,97)(H,71,98)(H,72,99)(H,73,94)(H,74,95)(H,75,96)/t29-,30-,31-,32-,33-,34-,35-,36-,37-/m0/s1. The molecule has 0 rings (SSSR count). The van der Waals surface area contributed by atoms with E-state index in [1.54, 1.807) is 0 Å². The molecule has 0 aliphatic carbocycles. The smallest absolute Gasteiger partial charge is 0.245 e. The quantitative estimate of drug-likeness (QED) is 0.0252. The van der Waals surface area contributed by atoms with Crippen molar-refractivity contribution in [2.24, 2.45) is 22.9 Å². The lowest BCUT2D eigenvalue weighted by atomic mass is 10.1. The lowest BCUT2D eigenvalue weighted by Gasteiger charge is -2.24. The van der Waals surface area contributed by atoms with Crippen LogP contribution < -0.4 is 113 Å². The Balaban J connectivity index is 5.14. The summed E-state index contributed by atoms with van der Waals surface area (Å²) < 4.78 is 0. The molecule has 0 bridgehead atoms. The number of carbonyl (C=O) groups is 18. The van der Waals surface area contributed by atoms with Crippen LogP contribution in [-0.2, 0) is 86.3 Å². The minimum Gasteiger partial charge on any atom is -0.394 e. The first-order valence-corrected chi connectivity index (χ1v) is 30.9. The molecule has 0 spiro atoms. The summed E-state index contributed by atoms with van der Waals surface area (Å²) in [7, 11) is 0. The number of amides is 18. The van der Waals surface area contributed by atoms with Gasteiger partial charge in [-0.3, -0.25) is 86.3 Å². The van der Waals surface area contributed by atoms with Crippen molar-refractivity contribution < 1.29 is 117 Å². The Morgan fingerprint density at radius 3 is 0.687 bits per heavy atom. The van der Waals surface area contributed by atoms with Crippen molar-refractivity contribution in [2.75, 3.05) is 112 Å². The van der Waals surface area contributed by atoms with Gasteiger partial charge in [-0.25, -0.2) is 0 Å². The van der Waals surface area contributed by atoms with Gasteiger partial charge in [-0.15, -0.1) is 0 Å². The van der Waals surface area contributed by atoms with Crippen LogP contribution in [0.3, 0.4) is 0 Å². The van der Waals surface area contributed by atoms with E-state index in [2.05, 4.69) is 90.4 Å². The fourth-order valence-electron chi connectivity index (χ4n) is 7.86. The van der Waals surface area contributed by atoms with Crippen LogP contribution in [0.5, 0.6) is 0 Å². The molecule has 45 heteroatoms. The van der Waals surface area contributed by atoms with Gasteiger partial charge in [-0.1, -0.05) is 0 Å². The number of primary amides is 1. The molecule has 0 aliphatic rings. The Kier molecular flexibility index (Phi) is 46.2. The highest BCUT2D eigenvalue weighted by Gasteiger charge is 2.33. The molecular weight excluding hydrogens is 1330 g/mol. The first kappa shape index (κ1) is 89.1. The molecule has 0 heterocycles. The predicted octanol–water partition coefficient (Wildman–Crippen LogP) is -17.9. The number of carbonyl (C=O) groups excluding carboxylic acids is 18. The number of hydrogen-bond donors (Lipinski definition) is 27. The molecule has 45 nitrogen and oxygen atoms in total. The Hall–Kier alpha value is -9.90. The van der Waals surface area contributed by atoms with E-state index < -0.39 is 253 Å². The van der Waals surface area contributed by atoms with Crippen LogP contribution in [0.15, 0.2) is 0 Å². The normalized spacial score (nSPS) is 13.4. The van der Waals surface area contributed by atoms with Crippen molar-refractivity contribution in [2.45, 2.75) is 119 Å². The van der Waals surface area contributed by atoms with E-state index in [-0.39, 0.29) is 45.3 Å². The first-order chi connectivity index (χ1) is 47.0. The third kappa shape index (κ3) is 39.2. The number of aliphatic hydroxyl groups excluding tert-OH is 6. The van der Waals surface area contributed by atoms with E-state index >= 15 is 0 Å². The molecular formula is C54H95N21O24. The van der Waals surface area contributed by atoms with E-state index in [0.717, 1.165) is 6.92 Å². The summed E-state index contributed by atoms with van der Waals surface area (Å²) in [4.78, 5) is 226. The van der Waals surface area contributed by atoms with Crippen LogP contribution in [0.4, 0.5) is 0 Å². The molecule has 0 unspecified atom stereocenters. The summed E-state index contributed by atoms with van der Waals surface area (Å²) in [5, 5.41) is 95.4. The predicted molar refractivity (Wildman–Crippen MR) is 338 cm³/mol. The summed E-state index contributed by atoms with van der Waals surface area (Å²) in [6.45, 7) is -10.2. The van der Waals surface area contributed by atoms with Gasteiger partial charge in [0.05, 0.1) is 92.0 Å². The molecule has 560 valence electrons. The van der Waals surface area contributed by atoms with Crippen LogP contribution >= 0.6 is 0 Å². The Labute approximate surface area is 565 Å². The highest BCUT2D eigenvalue weighted by atomic mass is 16.3. The van der Waals surface area contributed by atoms with Crippen molar-refractivity contribution in [1.29, 1.82) is 0 Å². The average Bonchev–Trinajstić information content (AvgIpc) is 0.925. The van der Waals surface area contributed by atoms with Crippen LogP contribution in [0.1, 0.15) is 64.7 Å². The molecule has 0 aromatic carbocycles. The lowest BCUT2D eigenvalue weighted by molar-refractivity contribution is -0.135. The molecule has 18 amide bonds. The number of nitrogens with one attached hydrogen (secondary N) is 17. The zero-order valence-corrected chi connectivity index (χ0v) is 54.4. The fourth-order valence-corrected chi connectivity index (χ4v) is 7.86. The molecule has 9 atom stereocenters. The Morgan fingerprint density at radius 1 is 0.253 bits per heavy atom. The van der Waals surface area contributed by atoms with Crippen molar-refractivity contribution >= 4 is 106 Å². The van der Waals surface area contributed by atoms with Crippen LogP contribution in [0, 0.1) is 0 Å². The highest BCUT2D eigenvalue weighted by molar-refractivity contribution is 5.99.